The Kier molecular flexibility index (Phi) is 5.27. The summed E-state index contributed by atoms with van der Waals surface area (Å²) in [6, 6.07) is 10.1. The Balaban J connectivity index is 1.86. The van der Waals surface area contributed by atoms with E-state index >= 15 is 0 Å². The molecule has 7 heteroatoms. The molecule has 0 saturated heterocycles. The first-order valence-corrected chi connectivity index (χ1v) is 10.0. The van der Waals surface area contributed by atoms with Crippen LogP contribution in [0.15, 0.2) is 47.4 Å². The molecular formula is C19H21FN2O3S. The van der Waals surface area contributed by atoms with Crippen LogP contribution in [0, 0.1) is 12.7 Å². The fourth-order valence-electron chi connectivity index (χ4n) is 3.22. The predicted molar refractivity (Wildman–Crippen MR) is 98.1 cm³/mol. The summed E-state index contributed by atoms with van der Waals surface area (Å²) < 4.78 is 41.1. The number of sulfonamides is 1. The molecule has 3 rings (SSSR count). The zero-order valence-electron chi connectivity index (χ0n) is 14.5. The lowest BCUT2D eigenvalue weighted by Gasteiger charge is -2.16. The molecule has 0 heterocycles. The van der Waals surface area contributed by atoms with E-state index in [1.54, 1.807) is 24.3 Å². The number of anilines is 1. The largest absolute Gasteiger partial charge is 0.349 e. The highest BCUT2D eigenvalue weighted by Gasteiger charge is 2.23. The summed E-state index contributed by atoms with van der Waals surface area (Å²) in [7, 11) is -3.94. The molecule has 26 heavy (non-hydrogen) atoms. The van der Waals surface area contributed by atoms with Crippen molar-refractivity contribution in [1.29, 1.82) is 0 Å². The standard InChI is InChI=1S/C19H21FN2O3S/c1-13-12-14(20)10-11-18(13)26(24,25)22-17-9-5-4-8-16(17)19(23)21-15-6-2-3-7-15/h4-5,8-12,15,22H,2-3,6-7H2,1H3,(H,21,23). The summed E-state index contributed by atoms with van der Waals surface area (Å²) in [6.07, 6.45) is 4.05. The average molecular weight is 376 g/mol. The molecule has 0 unspecified atom stereocenters. The number of carbonyl (C=O) groups is 1. The van der Waals surface area contributed by atoms with Gasteiger partial charge in [-0.3, -0.25) is 9.52 Å². The highest BCUT2D eigenvalue weighted by Crippen LogP contribution is 2.24. The summed E-state index contributed by atoms with van der Waals surface area (Å²) >= 11 is 0. The number of aryl methyl sites for hydroxylation is 1. The van der Waals surface area contributed by atoms with Crippen molar-refractivity contribution in [3.8, 4) is 0 Å². The van der Waals surface area contributed by atoms with E-state index in [0.29, 0.717) is 5.56 Å². The monoisotopic (exact) mass is 376 g/mol. The minimum absolute atomic E-state index is 0.0232. The zero-order valence-corrected chi connectivity index (χ0v) is 15.3. The van der Waals surface area contributed by atoms with E-state index in [9.17, 15) is 17.6 Å². The Labute approximate surface area is 152 Å². The minimum atomic E-state index is -3.94. The number of amides is 1. The van der Waals surface area contributed by atoms with Gasteiger partial charge in [-0.2, -0.15) is 0 Å². The Hall–Kier alpha value is -2.41. The van der Waals surface area contributed by atoms with Gasteiger partial charge in [0, 0.05) is 6.04 Å². The van der Waals surface area contributed by atoms with Gasteiger partial charge in [0.25, 0.3) is 15.9 Å². The maximum atomic E-state index is 13.3. The number of halogens is 1. The smallest absolute Gasteiger partial charge is 0.262 e. The van der Waals surface area contributed by atoms with Crippen LogP contribution in [0.25, 0.3) is 0 Å². The molecule has 0 atom stereocenters. The number of hydrogen-bond acceptors (Lipinski definition) is 3. The molecule has 2 aromatic rings. The molecule has 2 aromatic carbocycles. The van der Waals surface area contributed by atoms with E-state index in [1.165, 1.54) is 13.0 Å². The molecule has 5 nitrogen and oxygen atoms in total. The van der Waals surface area contributed by atoms with Crippen LogP contribution in [0.1, 0.15) is 41.6 Å². The van der Waals surface area contributed by atoms with E-state index in [-0.39, 0.29) is 28.1 Å². The van der Waals surface area contributed by atoms with E-state index in [0.717, 1.165) is 37.8 Å². The first-order chi connectivity index (χ1) is 12.4. The number of carbonyl (C=O) groups excluding carboxylic acids is 1. The quantitative estimate of drug-likeness (QED) is 0.837. The molecule has 1 aliphatic carbocycles. The van der Waals surface area contributed by atoms with Gasteiger partial charge < -0.3 is 5.32 Å². The Bertz CT molecular complexity index is 922. The molecule has 0 aromatic heterocycles. The lowest BCUT2D eigenvalue weighted by molar-refractivity contribution is 0.0939. The van der Waals surface area contributed by atoms with Crippen molar-refractivity contribution in [2.45, 2.75) is 43.5 Å². The number of benzene rings is 2. The van der Waals surface area contributed by atoms with Gasteiger partial charge in [-0.25, -0.2) is 12.8 Å². The number of nitrogens with one attached hydrogen (secondary N) is 2. The van der Waals surface area contributed by atoms with Crippen molar-refractivity contribution < 1.29 is 17.6 Å². The van der Waals surface area contributed by atoms with Gasteiger partial charge in [-0.05, 0) is 55.7 Å². The Morgan fingerprint density at radius 2 is 1.81 bits per heavy atom. The molecule has 0 bridgehead atoms. The van der Waals surface area contributed by atoms with E-state index < -0.39 is 15.8 Å². The molecule has 2 N–H and O–H groups in total. The summed E-state index contributed by atoms with van der Waals surface area (Å²) in [5, 5.41) is 2.96. The molecule has 0 radical (unpaired) electrons. The third-order valence-electron chi connectivity index (χ3n) is 4.53. The lowest BCUT2D eigenvalue weighted by Crippen LogP contribution is -2.33. The third-order valence-corrected chi connectivity index (χ3v) is 6.06. The van der Waals surface area contributed by atoms with Gasteiger partial charge >= 0.3 is 0 Å². The fraction of sp³-hybridized carbons (Fsp3) is 0.316. The average Bonchev–Trinajstić information content (AvgIpc) is 3.07. The molecule has 1 saturated carbocycles. The first-order valence-electron chi connectivity index (χ1n) is 8.56. The van der Waals surface area contributed by atoms with Gasteiger partial charge in [0.15, 0.2) is 0 Å². The summed E-state index contributed by atoms with van der Waals surface area (Å²) in [5.74, 6) is -0.802. The summed E-state index contributed by atoms with van der Waals surface area (Å²) in [4.78, 5) is 12.5. The van der Waals surface area contributed by atoms with E-state index in [1.807, 2.05) is 0 Å². The molecule has 1 aliphatic rings. The van der Waals surface area contributed by atoms with Crippen LogP contribution in [0.3, 0.4) is 0 Å². The molecule has 1 amide bonds. The topological polar surface area (TPSA) is 75.3 Å². The van der Waals surface area contributed by atoms with Crippen LogP contribution in [-0.4, -0.2) is 20.4 Å². The maximum Gasteiger partial charge on any atom is 0.262 e. The Morgan fingerprint density at radius 1 is 1.12 bits per heavy atom. The molecule has 1 fully saturated rings. The second-order valence-electron chi connectivity index (χ2n) is 6.52. The molecular weight excluding hydrogens is 355 g/mol. The van der Waals surface area contributed by atoms with Crippen LogP contribution in [-0.2, 0) is 10.0 Å². The highest BCUT2D eigenvalue weighted by molar-refractivity contribution is 7.92. The zero-order chi connectivity index (χ0) is 18.7. The van der Waals surface area contributed by atoms with Crippen molar-refractivity contribution in [3.63, 3.8) is 0 Å². The summed E-state index contributed by atoms with van der Waals surface area (Å²) in [6.45, 7) is 1.52. The lowest BCUT2D eigenvalue weighted by atomic mass is 10.1. The van der Waals surface area contributed by atoms with Crippen molar-refractivity contribution in [3.05, 3.63) is 59.4 Å². The third kappa shape index (κ3) is 4.04. The number of hydrogen-bond donors (Lipinski definition) is 2. The number of para-hydroxylation sites is 1. The van der Waals surface area contributed by atoms with Crippen molar-refractivity contribution in [2.24, 2.45) is 0 Å². The van der Waals surface area contributed by atoms with Crippen LogP contribution in [0.2, 0.25) is 0 Å². The molecule has 0 spiro atoms. The SMILES string of the molecule is Cc1cc(F)ccc1S(=O)(=O)Nc1ccccc1C(=O)NC1CCCC1. The highest BCUT2D eigenvalue weighted by atomic mass is 32.2. The second kappa shape index (κ2) is 7.45. The fourth-order valence-corrected chi connectivity index (χ4v) is 4.52. The van der Waals surface area contributed by atoms with Gasteiger partial charge in [0.2, 0.25) is 0 Å². The normalized spacial score (nSPS) is 15.0. The van der Waals surface area contributed by atoms with Crippen LogP contribution in [0.4, 0.5) is 10.1 Å². The van der Waals surface area contributed by atoms with Crippen molar-refractivity contribution >= 4 is 21.6 Å². The molecule has 138 valence electrons. The van der Waals surface area contributed by atoms with Gasteiger partial charge in [-0.1, -0.05) is 25.0 Å². The summed E-state index contributed by atoms with van der Waals surface area (Å²) in [5.41, 5.74) is 0.764. The second-order valence-corrected chi connectivity index (χ2v) is 8.17. The van der Waals surface area contributed by atoms with E-state index in [2.05, 4.69) is 10.0 Å². The van der Waals surface area contributed by atoms with Gasteiger partial charge in [0.1, 0.15) is 5.82 Å². The van der Waals surface area contributed by atoms with Crippen LogP contribution in [0.5, 0.6) is 0 Å². The van der Waals surface area contributed by atoms with Gasteiger partial charge in [0.05, 0.1) is 16.1 Å². The Morgan fingerprint density at radius 3 is 2.50 bits per heavy atom. The van der Waals surface area contributed by atoms with Gasteiger partial charge in [-0.15, -0.1) is 0 Å². The van der Waals surface area contributed by atoms with Crippen molar-refractivity contribution in [1.82, 2.24) is 5.32 Å². The molecule has 0 aliphatic heterocycles. The van der Waals surface area contributed by atoms with Crippen LogP contribution < -0.4 is 10.0 Å². The predicted octanol–water partition coefficient (Wildman–Crippen LogP) is 3.61. The van der Waals surface area contributed by atoms with E-state index in [4.69, 9.17) is 0 Å². The van der Waals surface area contributed by atoms with Crippen LogP contribution >= 0.6 is 0 Å². The number of rotatable bonds is 5. The maximum absolute atomic E-state index is 13.3. The first kappa shape index (κ1) is 18.4. The minimum Gasteiger partial charge on any atom is -0.349 e. The van der Waals surface area contributed by atoms with Crippen molar-refractivity contribution in [2.75, 3.05) is 4.72 Å².